The van der Waals surface area contributed by atoms with Gasteiger partial charge in [0.15, 0.2) is 0 Å². The van der Waals surface area contributed by atoms with Crippen molar-refractivity contribution in [2.45, 2.75) is 39.5 Å². The molecule has 1 N–H and O–H groups in total. The second-order valence-electron chi connectivity index (χ2n) is 5.54. The molecule has 110 valence electrons. The van der Waals surface area contributed by atoms with Gasteiger partial charge in [-0.25, -0.2) is 4.98 Å². The van der Waals surface area contributed by atoms with Crippen LogP contribution in [-0.4, -0.2) is 40.4 Å². The fourth-order valence-electron chi connectivity index (χ4n) is 2.44. The lowest BCUT2D eigenvalue weighted by Gasteiger charge is -2.20. The van der Waals surface area contributed by atoms with Gasteiger partial charge in [-0.1, -0.05) is 13.8 Å². The second kappa shape index (κ2) is 7.22. The zero-order valence-corrected chi connectivity index (χ0v) is 12.4. The molecule has 2 rings (SSSR count). The molecular weight excluding hydrogens is 252 g/mol. The summed E-state index contributed by atoms with van der Waals surface area (Å²) >= 11 is 0. The summed E-state index contributed by atoms with van der Waals surface area (Å²) in [5.74, 6) is 1.39. The van der Waals surface area contributed by atoms with E-state index < -0.39 is 0 Å². The quantitative estimate of drug-likeness (QED) is 0.918. The third-order valence-electron chi connectivity index (χ3n) is 3.71. The van der Waals surface area contributed by atoms with Gasteiger partial charge < -0.3 is 10.2 Å². The number of likely N-dealkylation sites (tertiary alicyclic amines) is 1. The van der Waals surface area contributed by atoms with Gasteiger partial charge in [-0.15, -0.1) is 0 Å². The van der Waals surface area contributed by atoms with Crippen LogP contribution in [0.15, 0.2) is 12.4 Å². The Labute approximate surface area is 120 Å². The Bertz CT molecular complexity index is 449. The second-order valence-corrected chi connectivity index (χ2v) is 5.54. The summed E-state index contributed by atoms with van der Waals surface area (Å²) in [6.07, 6.45) is 7.60. The SMILES string of the molecule is CCCNc1cncc(C(=O)N2CCCC(C)CC2)n1. The van der Waals surface area contributed by atoms with Crippen LogP contribution in [0.1, 0.15) is 50.0 Å². The number of anilines is 1. The van der Waals surface area contributed by atoms with E-state index in [0.717, 1.165) is 38.9 Å². The molecule has 0 aromatic carbocycles. The highest BCUT2D eigenvalue weighted by atomic mass is 16.2. The van der Waals surface area contributed by atoms with Crippen LogP contribution in [0.2, 0.25) is 0 Å². The zero-order chi connectivity index (χ0) is 14.4. The Morgan fingerprint density at radius 2 is 2.25 bits per heavy atom. The van der Waals surface area contributed by atoms with Crippen LogP contribution < -0.4 is 5.32 Å². The fourth-order valence-corrected chi connectivity index (χ4v) is 2.44. The van der Waals surface area contributed by atoms with Crippen molar-refractivity contribution in [3.8, 4) is 0 Å². The molecule has 5 heteroatoms. The van der Waals surface area contributed by atoms with E-state index in [2.05, 4.69) is 29.1 Å². The first kappa shape index (κ1) is 14.8. The lowest BCUT2D eigenvalue weighted by molar-refractivity contribution is 0.0754. The largest absolute Gasteiger partial charge is 0.369 e. The molecule has 5 nitrogen and oxygen atoms in total. The minimum atomic E-state index is 0.00625. The molecule has 0 spiro atoms. The Kier molecular flexibility index (Phi) is 5.32. The summed E-state index contributed by atoms with van der Waals surface area (Å²) in [7, 11) is 0. The van der Waals surface area contributed by atoms with Gasteiger partial charge in [0, 0.05) is 19.6 Å². The van der Waals surface area contributed by atoms with E-state index in [1.165, 1.54) is 6.42 Å². The molecule has 1 saturated heterocycles. The summed E-state index contributed by atoms with van der Waals surface area (Å²) in [4.78, 5) is 22.9. The molecule has 20 heavy (non-hydrogen) atoms. The van der Waals surface area contributed by atoms with Crippen LogP contribution in [0.4, 0.5) is 5.82 Å². The average molecular weight is 276 g/mol. The lowest BCUT2D eigenvalue weighted by atomic mass is 10.0. The Morgan fingerprint density at radius 1 is 1.40 bits per heavy atom. The average Bonchev–Trinajstić information content (AvgIpc) is 2.69. The van der Waals surface area contributed by atoms with Crippen molar-refractivity contribution in [3.63, 3.8) is 0 Å². The van der Waals surface area contributed by atoms with Crippen LogP contribution in [-0.2, 0) is 0 Å². The predicted octanol–water partition coefficient (Wildman–Crippen LogP) is 2.56. The number of amides is 1. The summed E-state index contributed by atoms with van der Waals surface area (Å²) < 4.78 is 0. The van der Waals surface area contributed by atoms with Gasteiger partial charge in [0.25, 0.3) is 5.91 Å². The van der Waals surface area contributed by atoms with Gasteiger partial charge >= 0.3 is 0 Å². The Morgan fingerprint density at radius 3 is 3.05 bits per heavy atom. The maximum absolute atomic E-state index is 12.5. The molecule has 1 aromatic heterocycles. The van der Waals surface area contributed by atoms with Crippen LogP contribution in [0.5, 0.6) is 0 Å². The molecule has 1 aliphatic rings. The number of rotatable bonds is 4. The predicted molar refractivity (Wildman–Crippen MR) is 79.7 cm³/mol. The van der Waals surface area contributed by atoms with Crippen molar-refractivity contribution in [2.75, 3.05) is 25.0 Å². The molecule has 1 fully saturated rings. The molecule has 1 atom stereocenters. The van der Waals surface area contributed by atoms with Crippen molar-refractivity contribution < 1.29 is 4.79 Å². The first-order chi connectivity index (χ1) is 9.70. The highest BCUT2D eigenvalue weighted by Crippen LogP contribution is 2.18. The monoisotopic (exact) mass is 276 g/mol. The minimum absolute atomic E-state index is 0.00625. The number of hydrogen-bond acceptors (Lipinski definition) is 4. The van der Waals surface area contributed by atoms with Crippen molar-refractivity contribution >= 4 is 11.7 Å². The molecule has 0 saturated carbocycles. The van der Waals surface area contributed by atoms with Gasteiger partial charge in [0.1, 0.15) is 11.5 Å². The number of hydrogen-bond donors (Lipinski definition) is 1. The van der Waals surface area contributed by atoms with E-state index in [9.17, 15) is 4.79 Å². The van der Waals surface area contributed by atoms with Crippen LogP contribution in [0.3, 0.4) is 0 Å². The first-order valence-electron chi connectivity index (χ1n) is 7.56. The zero-order valence-electron chi connectivity index (χ0n) is 12.4. The van der Waals surface area contributed by atoms with Crippen LogP contribution >= 0.6 is 0 Å². The van der Waals surface area contributed by atoms with Crippen molar-refractivity contribution in [2.24, 2.45) is 5.92 Å². The maximum Gasteiger partial charge on any atom is 0.274 e. The first-order valence-corrected chi connectivity index (χ1v) is 7.56. The van der Waals surface area contributed by atoms with Gasteiger partial charge in [-0.3, -0.25) is 9.78 Å². The molecule has 2 heterocycles. The lowest BCUT2D eigenvalue weighted by Crippen LogP contribution is -2.32. The smallest absolute Gasteiger partial charge is 0.274 e. The number of carbonyl (C=O) groups excluding carboxylic acids is 1. The maximum atomic E-state index is 12.5. The Balaban J connectivity index is 2.04. The number of carbonyl (C=O) groups is 1. The van der Waals surface area contributed by atoms with Gasteiger partial charge in [-0.05, 0) is 31.6 Å². The molecule has 1 unspecified atom stereocenters. The number of nitrogens with one attached hydrogen (secondary N) is 1. The van der Waals surface area contributed by atoms with Gasteiger partial charge in [-0.2, -0.15) is 0 Å². The van der Waals surface area contributed by atoms with E-state index in [1.54, 1.807) is 12.4 Å². The van der Waals surface area contributed by atoms with E-state index in [1.807, 2.05) is 4.90 Å². The highest BCUT2D eigenvalue weighted by molar-refractivity contribution is 5.92. The topological polar surface area (TPSA) is 58.1 Å². The minimum Gasteiger partial charge on any atom is -0.369 e. The molecule has 0 bridgehead atoms. The van der Waals surface area contributed by atoms with E-state index in [4.69, 9.17) is 0 Å². The summed E-state index contributed by atoms with van der Waals surface area (Å²) in [5.41, 5.74) is 0.445. The van der Waals surface area contributed by atoms with E-state index >= 15 is 0 Å². The van der Waals surface area contributed by atoms with Crippen LogP contribution in [0.25, 0.3) is 0 Å². The van der Waals surface area contributed by atoms with E-state index in [0.29, 0.717) is 17.4 Å². The van der Waals surface area contributed by atoms with Crippen molar-refractivity contribution in [3.05, 3.63) is 18.1 Å². The standard InChI is InChI=1S/C15H24N4O/c1-3-7-17-14-11-16-10-13(18-14)15(20)19-8-4-5-12(2)6-9-19/h10-12H,3-9H2,1-2H3,(H,17,18). The summed E-state index contributed by atoms with van der Waals surface area (Å²) in [6.45, 7) is 6.84. The molecule has 1 aromatic rings. The van der Waals surface area contributed by atoms with Crippen molar-refractivity contribution in [1.82, 2.24) is 14.9 Å². The van der Waals surface area contributed by atoms with Gasteiger partial charge in [0.05, 0.1) is 12.4 Å². The molecule has 0 radical (unpaired) electrons. The number of nitrogens with zero attached hydrogens (tertiary/aromatic N) is 3. The molecular formula is C15H24N4O. The summed E-state index contributed by atoms with van der Waals surface area (Å²) in [6, 6.07) is 0. The molecule has 0 aliphatic carbocycles. The normalized spacial score (nSPS) is 19.5. The molecule has 1 amide bonds. The number of aromatic nitrogens is 2. The van der Waals surface area contributed by atoms with Crippen molar-refractivity contribution in [1.29, 1.82) is 0 Å². The third kappa shape index (κ3) is 3.92. The third-order valence-corrected chi connectivity index (χ3v) is 3.71. The highest BCUT2D eigenvalue weighted by Gasteiger charge is 2.21. The molecule has 1 aliphatic heterocycles. The summed E-state index contributed by atoms with van der Waals surface area (Å²) in [5, 5.41) is 3.17. The van der Waals surface area contributed by atoms with Crippen LogP contribution in [0, 0.1) is 5.92 Å². The Hall–Kier alpha value is -1.65. The van der Waals surface area contributed by atoms with E-state index in [-0.39, 0.29) is 5.91 Å². The van der Waals surface area contributed by atoms with Gasteiger partial charge in [0.2, 0.25) is 0 Å². The fraction of sp³-hybridized carbons (Fsp3) is 0.667.